The standard InChI is InChI=1S/C19H28N2O3/c1-4-6-15-11-16(12-17(23-2)18(15)24-3)19(22)21-10-8-14-7-5-9-20-13-14/h4,11-12,14,20H,1,5-10,13H2,2-3H3,(H,21,22). The third-order valence-corrected chi connectivity index (χ3v) is 4.42. The van der Waals surface area contributed by atoms with Gasteiger partial charge in [0.05, 0.1) is 14.2 Å². The van der Waals surface area contributed by atoms with E-state index in [1.54, 1.807) is 26.4 Å². The van der Waals surface area contributed by atoms with E-state index in [0.717, 1.165) is 25.1 Å². The zero-order valence-corrected chi connectivity index (χ0v) is 14.7. The summed E-state index contributed by atoms with van der Waals surface area (Å²) in [6, 6.07) is 3.57. The van der Waals surface area contributed by atoms with Crippen LogP contribution in [-0.2, 0) is 6.42 Å². The van der Waals surface area contributed by atoms with Gasteiger partial charge in [-0.1, -0.05) is 6.08 Å². The Morgan fingerprint density at radius 1 is 1.42 bits per heavy atom. The van der Waals surface area contributed by atoms with Crippen molar-refractivity contribution in [3.63, 3.8) is 0 Å². The van der Waals surface area contributed by atoms with E-state index >= 15 is 0 Å². The number of allylic oxidation sites excluding steroid dienone is 1. The summed E-state index contributed by atoms with van der Waals surface area (Å²) in [5.74, 6) is 1.80. The van der Waals surface area contributed by atoms with Crippen molar-refractivity contribution in [3.8, 4) is 11.5 Å². The van der Waals surface area contributed by atoms with Gasteiger partial charge in [-0.25, -0.2) is 0 Å². The van der Waals surface area contributed by atoms with Gasteiger partial charge >= 0.3 is 0 Å². The number of ether oxygens (including phenoxy) is 2. The van der Waals surface area contributed by atoms with Crippen molar-refractivity contribution in [1.82, 2.24) is 10.6 Å². The molecule has 1 fully saturated rings. The molecule has 0 bridgehead atoms. The minimum absolute atomic E-state index is 0.0787. The summed E-state index contributed by atoms with van der Waals surface area (Å²) in [5, 5.41) is 6.42. The van der Waals surface area contributed by atoms with Crippen LogP contribution in [0.1, 0.15) is 35.2 Å². The first-order valence-electron chi connectivity index (χ1n) is 8.54. The molecule has 2 rings (SSSR count). The second-order valence-electron chi connectivity index (χ2n) is 6.12. The number of hydrogen-bond donors (Lipinski definition) is 2. The first-order chi connectivity index (χ1) is 11.7. The molecule has 1 atom stereocenters. The van der Waals surface area contributed by atoms with Crippen molar-refractivity contribution in [2.24, 2.45) is 5.92 Å². The van der Waals surface area contributed by atoms with Crippen LogP contribution in [0.2, 0.25) is 0 Å². The molecule has 1 heterocycles. The van der Waals surface area contributed by atoms with Gasteiger partial charge in [-0.15, -0.1) is 6.58 Å². The number of nitrogens with one attached hydrogen (secondary N) is 2. The highest BCUT2D eigenvalue weighted by molar-refractivity contribution is 5.95. The van der Waals surface area contributed by atoms with Crippen LogP contribution in [0.3, 0.4) is 0 Å². The van der Waals surface area contributed by atoms with Crippen LogP contribution in [0.15, 0.2) is 24.8 Å². The lowest BCUT2D eigenvalue weighted by Gasteiger charge is -2.22. The van der Waals surface area contributed by atoms with E-state index in [1.165, 1.54) is 12.8 Å². The highest BCUT2D eigenvalue weighted by Gasteiger charge is 2.17. The average Bonchev–Trinajstić information content (AvgIpc) is 2.62. The van der Waals surface area contributed by atoms with Crippen LogP contribution in [0.4, 0.5) is 0 Å². The Morgan fingerprint density at radius 3 is 2.88 bits per heavy atom. The van der Waals surface area contributed by atoms with Gasteiger partial charge < -0.3 is 20.1 Å². The summed E-state index contributed by atoms with van der Waals surface area (Å²) in [6.07, 6.45) is 5.87. The number of benzene rings is 1. The molecular weight excluding hydrogens is 304 g/mol. The highest BCUT2D eigenvalue weighted by atomic mass is 16.5. The van der Waals surface area contributed by atoms with E-state index in [2.05, 4.69) is 17.2 Å². The van der Waals surface area contributed by atoms with E-state index in [0.29, 0.717) is 35.9 Å². The average molecular weight is 332 g/mol. The van der Waals surface area contributed by atoms with E-state index in [-0.39, 0.29) is 5.91 Å². The molecule has 1 unspecified atom stereocenters. The van der Waals surface area contributed by atoms with Crippen LogP contribution < -0.4 is 20.1 Å². The Balaban J connectivity index is 2.02. The molecule has 1 saturated heterocycles. The van der Waals surface area contributed by atoms with Crippen molar-refractivity contribution < 1.29 is 14.3 Å². The second-order valence-corrected chi connectivity index (χ2v) is 6.12. The van der Waals surface area contributed by atoms with Crippen molar-refractivity contribution in [2.75, 3.05) is 33.9 Å². The zero-order chi connectivity index (χ0) is 17.4. The Morgan fingerprint density at radius 2 is 2.25 bits per heavy atom. The van der Waals surface area contributed by atoms with E-state index in [1.807, 2.05) is 6.07 Å². The summed E-state index contributed by atoms with van der Waals surface area (Å²) >= 11 is 0. The largest absolute Gasteiger partial charge is 0.493 e. The molecule has 132 valence electrons. The van der Waals surface area contributed by atoms with Crippen molar-refractivity contribution in [2.45, 2.75) is 25.7 Å². The lowest BCUT2D eigenvalue weighted by Crippen LogP contribution is -2.33. The molecule has 1 aromatic rings. The molecule has 0 saturated carbocycles. The molecule has 1 aliphatic heterocycles. The molecule has 0 aromatic heterocycles. The third kappa shape index (κ3) is 4.74. The van der Waals surface area contributed by atoms with Crippen LogP contribution in [-0.4, -0.2) is 39.8 Å². The number of piperidine rings is 1. The normalized spacial score (nSPS) is 17.2. The summed E-state index contributed by atoms with van der Waals surface area (Å²) < 4.78 is 10.8. The number of methoxy groups -OCH3 is 2. The molecule has 5 heteroatoms. The number of amides is 1. The molecule has 0 aliphatic carbocycles. The smallest absolute Gasteiger partial charge is 0.251 e. The van der Waals surface area contributed by atoms with Gasteiger partial charge in [-0.2, -0.15) is 0 Å². The van der Waals surface area contributed by atoms with E-state index < -0.39 is 0 Å². The molecule has 1 aliphatic rings. The predicted molar refractivity (Wildman–Crippen MR) is 96.0 cm³/mol. The fourth-order valence-corrected chi connectivity index (χ4v) is 3.14. The van der Waals surface area contributed by atoms with E-state index in [4.69, 9.17) is 9.47 Å². The van der Waals surface area contributed by atoms with Crippen molar-refractivity contribution in [3.05, 3.63) is 35.9 Å². The molecule has 5 nitrogen and oxygen atoms in total. The van der Waals surface area contributed by atoms with Crippen LogP contribution in [0.25, 0.3) is 0 Å². The lowest BCUT2D eigenvalue weighted by molar-refractivity contribution is 0.0950. The van der Waals surface area contributed by atoms with Gasteiger partial charge in [-0.3, -0.25) is 4.79 Å². The highest BCUT2D eigenvalue weighted by Crippen LogP contribution is 2.33. The third-order valence-electron chi connectivity index (χ3n) is 4.42. The first-order valence-corrected chi connectivity index (χ1v) is 8.54. The molecule has 1 amide bonds. The second kappa shape index (κ2) is 9.33. The molecular formula is C19H28N2O3. The van der Waals surface area contributed by atoms with E-state index in [9.17, 15) is 4.79 Å². The maximum Gasteiger partial charge on any atom is 0.251 e. The topological polar surface area (TPSA) is 59.6 Å². The number of rotatable bonds is 8. The maximum atomic E-state index is 12.5. The van der Waals surface area contributed by atoms with Crippen molar-refractivity contribution in [1.29, 1.82) is 0 Å². The Hall–Kier alpha value is -2.01. The fraction of sp³-hybridized carbons (Fsp3) is 0.526. The Kier molecular flexibility index (Phi) is 7.12. The SMILES string of the molecule is C=CCc1cc(C(=O)NCCC2CCCNC2)cc(OC)c1OC. The molecule has 24 heavy (non-hydrogen) atoms. The minimum atomic E-state index is -0.0787. The van der Waals surface area contributed by atoms with Crippen LogP contribution in [0.5, 0.6) is 11.5 Å². The van der Waals surface area contributed by atoms with Crippen LogP contribution >= 0.6 is 0 Å². The molecule has 1 aromatic carbocycles. The van der Waals surface area contributed by atoms with Gasteiger partial charge in [0.15, 0.2) is 11.5 Å². The quantitative estimate of drug-likeness (QED) is 0.718. The Labute approximate surface area is 144 Å². The molecule has 0 spiro atoms. The van der Waals surface area contributed by atoms with Gasteiger partial charge in [-0.05, 0) is 56.8 Å². The molecule has 0 radical (unpaired) electrons. The minimum Gasteiger partial charge on any atom is -0.493 e. The lowest BCUT2D eigenvalue weighted by atomic mass is 9.96. The first kappa shape index (κ1) is 18.3. The summed E-state index contributed by atoms with van der Waals surface area (Å²) in [7, 11) is 3.18. The predicted octanol–water partition coefficient (Wildman–Crippen LogP) is 2.55. The van der Waals surface area contributed by atoms with Gasteiger partial charge in [0.2, 0.25) is 0 Å². The van der Waals surface area contributed by atoms with Gasteiger partial charge in [0.1, 0.15) is 0 Å². The fourth-order valence-electron chi connectivity index (χ4n) is 3.14. The maximum absolute atomic E-state index is 12.5. The number of carbonyl (C=O) groups excluding carboxylic acids is 1. The zero-order valence-electron chi connectivity index (χ0n) is 14.7. The summed E-state index contributed by atoms with van der Waals surface area (Å²) in [4.78, 5) is 12.5. The van der Waals surface area contributed by atoms with Crippen molar-refractivity contribution >= 4 is 5.91 Å². The summed E-state index contributed by atoms with van der Waals surface area (Å²) in [6.45, 7) is 6.61. The molecule has 2 N–H and O–H groups in total. The number of hydrogen-bond acceptors (Lipinski definition) is 4. The van der Waals surface area contributed by atoms with Crippen LogP contribution in [0, 0.1) is 5.92 Å². The number of carbonyl (C=O) groups is 1. The monoisotopic (exact) mass is 332 g/mol. The van der Waals surface area contributed by atoms with Gasteiger partial charge in [0, 0.05) is 17.7 Å². The Bertz CT molecular complexity index is 566. The van der Waals surface area contributed by atoms with Gasteiger partial charge in [0.25, 0.3) is 5.91 Å². The summed E-state index contributed by atoms with van der Waals surface area (Å²) in [5.41, 5.74) is 1.49.